The van der Waals surface area contributed by atoms with E-state index in [9.17, 15) is 9.59 Å². The second kappa shape index (κ2) is 10.1. The average molecular weight is 461 g/mol. The largest absolute Gasteiger partial charge is 0.375 e. The quantitative estimate of drug-likeness (QED) is 0.648. The Morgan fingerprint density at radius 2 is 2.09 bits per heavy atom. The number of nitrogens with one attached hydrogen (secondary N) is 1. The molecular formula is C24H33ClN4O3. The molecule has 1 aliphatic heterocycles. The molecule has 1 aliphatic rings. The van der Waals surface area contributed by atoms with Crippen LogP contribution in [-0.2, 0) is 22.7 Å². The second-order valence-electron chi connectivity index (χ2n) is 9.51. The van der Waals surface area contributed by atoms with Gasteiger partial charge in [-0.15, -0.1) is 0 Å². The first-order valence-electron chi connectivity index (χ1n) is 11.3. The Kier molecular flexibility index (Phi) is 7.72. The molecule has 0 aromatic carbocycles. The number of pyridine rings is 1. The summed E-state index contributed by atoms with van der Waals surface area (Å²) in [6, 6.07) is 1.17. The maximum Gasteiger partial charge on any atom is 0.272 e. The Bertz CT molecular complexity index is 980. The summed E-state index contributed by atoms with van der Waals surface area (Å²) < 4.78 is 7.72. The third-order valence-corrected chi connectivity index (χ3v) is 6.14. The van der Waals surface area contributed by atoms with E-state index in [2.05, 4.69) is 22.2 Å². The number of nitrogens with zero attached hydrogens (tertiary/aromatic N) is 3. The molecule has 2 aromatic heterocycles. The lowest BCUT2D eigenvalue weighted by atomic mass is 9.79. The minimum atomic E-state index is -0.617. The maximum absolute atomic E-state index is 13.5. The van der Waals surface area contributed by atoms with Crippen molar-refractivity contribution in [3.8, 4) is 11.4 Å². The third kappa shape index (κ3) is 5.21. The van der Waals surface area contributed by atoms with Crippen LogP contribution in [0.4, 0.5) is 0 Å². The summed E-state index contributed by atoms with van der Waals surface area (Å²) in [6.45, 7) is 11.4. The fourth-order valence-electron chi connectivity index (χ4n) is 4.08. The van der Waals surface area contributed by atoms with Gasteiger partial charge in [0.05, 0.1) is 23.4 Å². The number of Topliss-reactive ketones (excluding diaryl/α,β-unsaturated/α-hetero) is 1. The highest BCUT2D eigenvalue weighted by molar-refractivity contribution is 6.33. The van der Waals surface area contributed by atoms with Crippen LogP contribution >= 0.6 is 11.6 Å². The number of halogens is 1. The summed E-state index contributed by atoms with van der Waals surface area (Å²) in [7, 11) is 0. The number of aromatic nitrogens is 3. The molecule has 2 aromatic rings. The van der Waals surface area contributed by atoms with Crippen LogP contribution in [0.1, 0.15) is 70.1 Å². The van der Waals surface area contributed by atoms with Crippen LogP contribution in [0.5, 0.6) is 0 Å². The number of ketones is 1. The van der Waals surface area contributed by atoms with Gasteiger partial charge in [-0.05, 0) is 24.3 Å². The van der Waals surface area contributed by atoms with E-state index >= 15 is 0 Å². The summed E-state index contributed by atoms with van der Waals surface area (Å²) >= 11 is 6.39. The van der Waals surface area contributed by atoms with Crippen molar-refractivity contribution in [3.63, 3.8) is 0 Å². The Hall–Kier alpha value is -2.25. The van der Waals surface area contributed by atoms with Crippen molar-refractivity contribution in [1.29, 1.82) is 0 Å². The van der Waals surface area contributed by atoms with Crippen molar-refractivity contribution in [3.05, 3.63) is 34.9 Å². The second-order valence-corrected chi connectivity index (χ2v) is 9.92. The van der Waals surface area contributed by atoms with E-state index < -0.39 is 11.5 Å². The molecule has 0 bridgehead atoms. The first-order valence-corrected chi connectivity index (χ1v) is 11.6. The number of ether oxygens (including phenoxy) is 1. The summed E-state index contributed by atoms with van der Waals surface area (Å²) in [6.07, 6.45) is 5.73. The molecule has 0 fully saturated rings. The van der Waals surface area contributed by atoms with Crippen LogP contribution in [0.15, 0.2) is 18.5 Å². The number of fused-ring (bicyclic) bond motifs is 1. The van der Waals surface area contributed by atoms with Crippen molar-refractivity contribution >= 4 is 23.3 Å². The minimum absolute atomic E-state index is 0.0478. The van der Waals surface area contributed by atoms with E-state index in [0.29, 0.717) is 35.3 Å². The molecule has 0 aliphatic carbocycles. The zero-order valence-corrected chi connectivity index (χ0v) is 20.3. The topological polar surface area (TPSA) is 86.1 Å². The zero-order valence-electron chi connectivity index (χ0n) is 19.6. The van der Waals surface area contributed by atoms with E-state index in [1.54, 1.807) is 18.5 Å². The van der Waals surface area contributed by atoms with Crippen molar-refractivity contribution in [2.45, 2.75) is 73.1 Å². The number of carbonyl (C=O) groups is 2. The van der Waals surface area contributed by atoms with Gasteiger partial charge in [0.25, 0.3) is 5.91 Å². The number of amides is 1. The van der Waals surface area contributed by atoms with Crippen LogP contribution in [0, 0.1) is 11.3 Å². The monoisotopic (exact) mass is 460 g/mol. The lowest BCUT2D eigenvalue weighted by Crippen LogP contribution is -2.51. The van der Waals surface area contributed by atoms with Gasteiger partial charge in [0.15, 0.2) is 11.5 Å². The Labute approximate surface area is 194 Å². The fraction of sp³-hybridized carbons (Fsp3) is 0.583. The minimum Gasteiger partial charge on any atom is -0.375 e. The molecular weight excluding hydrogens is 428 g/mol. The van der Waals surface area contributed by atoms with Gasteiger partial charge in [-0.1, -0.05) is 52.6 Å². The van der Waals surface area contributed by atoms with Crippen molar-refractivity contribution in [2.75, 3.05) is 6.61 Å². The Morgan fingerprint density at radius 3 is 2.75 bits per heavy atom. The SMILES string of the molecule is CCCC(C)C(=O)C(NC(=O)c1nc(-c2ccncc2Cl)n2c1COCCC2)C(C)(C)C. The van der Waals surface area contributed by atoms with E-state index in [-0.39, 0.29) is 29.9 Å². The van der Waals surface area contributed by atoms with Crippen LogP contribution in [0.25, 0.3) is 11.4 Å². The average Bonchev–Trinajstić information content (AvgIpc) is 2.92. The van der Waals surface area contributed by atoms with Gasteiger partial charge in [-0.3, -0.25) is 14.6 Å². The highest BCUT2D eigenvalue weighted by Crippen LogP contribution is 2.31. The maximum atomic E-state index is 13.5. The normalized spacial score (nSPS) is 16.1. The van der Waals surface area contributed by atoms with E-state index in [1.807, 2.05) is 32.3 Å². The van der Waals surface area contributed by atoms with Crippen molar-refractivity contribution in [1.82, 2.24) is 19.9 Å². The number of imidazole rings is 1. The predicted molar refractivity (Wildman–Crippen MR) is 125 cm³/mol. The first kappa shape index (κ1) is 24.4. The summed E-state index contributed by atoms with van der Waals surface area (Å²) in [5, 5.41) is 3.46. The number of hydrogen-bond acceptors (Lipinski definition) is 5. The molecule has 0 radical (unpaired) electrons. The molecule has 1 N–H and O–H groups in total. The molecule has 3 rings (SSSR count). The van der Waals surface area contributed by atoms with Gasteiger partial charge in [0.2, 0.25) is 0 Å². The van der Waals surface area contributed by atoms with E-state index in [4.69, 9.17) is 16.3 Å². The Morgan fingerprint density at radius 1 is 1.34 bits per heavy atom. The van der Waals surface area contributed by atoms with Gasteiger partial charge < -0.3 is 14.6 Å². The molecule has 1 amide bonds. The molecule has 174 valence electrons. The van der Waals surface area contributed by atoms with Crippen molar-refractivity contribution < 1.29 is 14.3 Å². The van der Waals surface area contributed by atoms with Gasteiger partial charge in [-0.25, -0.2) is 4.98 Å². The van der Waals surface area contributed by atoms with Gasteiger partial charge in [0, 0.05) is 37.0 Å². The third-order valence-electron chi connectivity index (χ3n) is 5.84. The van der Waals surface area contributed by atoms with Crippen LogP contribution < -0.4 is 5.32 Å². The zero-order chi connectivity index (χ0) is 23.5. The van der Waals surface area contributed by atoms with E-state index in [0.717, 1.165) is 19.3 Å². The lowest BCUT2D eigenvalue weighted by molar-refractivity contribution is -0.126. The summed E-state index contributed by atoms with van der Waals surface area (Å²) in [4.78, 5) is 35.4. The molecule has 7 nitrogen and oxygen atoms in total. The predicted octanol–water partition coefficient (Wildman–Crippen LogP) is 4.67. The van der Waals surface area contributed by atoms with Crippen LogP contribution in [0.3, 0.4) is 0 Å². The highest BCUT2D eigenvalue weighted by atomic mass is 35.5. The number of carbonyl (C=O) groups excluding carboxylic acids is 2. The first-order chi connectivity index (χ1) is 15.1. The molecule has 0 saturated heterocycles. The van der Waals surface area contributed by atoms with Gasteiger partial charge in [-0.2, -0.15) is 0 Å². The molecule has 0 spiro atoms. The summed E-state index contributed by atoms with van der Waals surface area (Å²) in [5.74, 6) is 0.165. The molecule has 2 atom stereocenters. The number of hydrogen-bond donors (Lipinski definition) is 1. The fourth-order valence-corrected chi connectivity index (χ4v) is 4.29. The van der Waals surface area contributed by atoms with Gasteiger partial charge >= 0.3 is 0 Å². The lowest BCUT2D eigenvalue weighted by Gasteiger charge is -2.32. The molecule has 8 heteroatoms. The van der Waals surface area contributed by atoms with Crippen LogP contribution in [0.2, 0.25) is 5.02 Å². The van der Waals surface area contributed by atoms with E-state index in [1.165, 1.54) is 0 Å². The number of rotatable bonds is 7. The Balaban J connectivity index is 2.00. The summed E-state index contributed by atoms with van der Waals surface area (Å²) in [5.41, 5.74) is 1.26. The molecule has 3 heterocycles. The van der Waals surface area contributed by atoms with Crippen molar-refractivity contribution in [2.24, 2.45) is 11.3 Å². The highest BCUT2D eigenvalue weighted by Gasteiger charge is 2.36. The molecule has 2 unspecified atom stereocenters. The smallest absolute Gasteiger partial charge is 0.272 e. The van der Waals surface area contributed by atoms with Gasteiger partial charge in [0.1, 0.15) is 5.82 Å². The molecule has 32 heavy (non-hydrogen) atoms. The molecule has 0 saturated carbocycles. The van der Waals surface area contributed by atoms with Crippen LogP contribution in [-0.4, -0.2) is 38.9 Å². The standard InChI is InChI=1S/C24H33ClN4O3/c1-6-8-15(2)20(30)21(24(3,4)5)28-23(31)19-18-14-32-12-7-11-29(18)22(27-19)16-9-10-26-13-17(16)25/h9-10,13,15,21H,6-8,11-12,14H2,1-5H3,(H,28,31).